The van der Waals surface area contributed by atoms with E-state index in [1.807, 2.05) is 26.8 Å². The molecule has 0 heterocycles. The molecule has 0 saturated carbocycles. The third-order valence-corrected chi connectivity index (χ3v) is 1.46. The topological polar surface area (TPSA) is 35.2 Å². The van der Waals surface area contributed by atoms with E-state index in [4.69, 9.17) is 0 Å². The lowest BCUT2D eigenvalue weighted by molar-refractivity contribution is 0.206. The Kier molecular flexibility index (Phi) is 24.8. The van der Waals surface area contributed by atoms with Gasteiger partial charge < -0.3 is 4.84 Å². The highest BCUT2D eigenvalue weighted by molar-refractivity contribution is 5.11. The molecule has 0 bridgehead atoms. The Balaban J connectivity index is -0.000000205. The molecule has 0 rings (SSSR count). The summed E-state index contributed by atoms with van der Waals surface area (Å²) in [6, 6.07) is 0. The van der Waals surface area contributed by atoms with Crippen molar-refractivity contribution in [1.82, 2.24) is 0 Å². The number of hydrogen-bond acceptors (Lipinski definition) is 2. The maximum absolute atomic E-state index is 4.35. The zero-order chi connectivity index (χ0) is 12.0. The number of nitrogens with two attached hydrogens (primary N) is 1. The molecule has 0 aromatic carbocycles. The normalized spacial score (nSPS) is 10.5. The first-order valence-corrected chi connectivity index (χ1v) is 5.12. The Hall–Kier alpha value is -0.600. The molecular weight excluding hydrogens is 174 g/mol. The Labute approximate surface area is 89.8 Å². The van der Waals surface area contributed by atoms with E-state index in [1.165, 1.54) is 12.7 Å². The molecule has 14 heavy (non-hydrogen) atoms. The number of allylic oxidation sites excluding steroid dienone is 4. The van der Waals surface area contributed by atoms with Gasteiger partial charge >= 0.3 is 0 Å². The minimum Gasteiger partial charge on any atom is -0.308 e. The van der Waals surface area contributed by atoms with Crippen LogP contribution in [-0.2, 0) is 4.84 Å². The first-order valence-electron chi connectivity index (χ1n) is 5.12. The minimum absolute atomic E-state index is 0.682. The molecule has 0 unspecified atom stereocenters. The monoisotopic (exact) mass is 201 g/mol. The Bertz CT molecular complexity index is 137. The smallest absolute Gasteiger partial charge is 0.0569 e. The lowest BCUT2D eigenvalue weighted by Gasteiger charge is -2.01. The van der Waals surface area contributed by atoms with Crippen molar-refractivity contribution >= 4 is 0 Å². The van der Waals surface area contributed by atoms with Gasteiger partial charge in [0.05, 0.1) is 7.11 Å². The van der Waals surface area contributed by atoms with Crippen molar-refractivity contribution in [3.63, 3.8) is 0 Å². The van der Waals surface area contributed by atoms with Crippen LogP contribution in [0.4, 0.5) is 0 Å². The van der Waals surface area contributed by atoms with Crippen LogP contribution in [0.1, 0.15) is 41.5 Å². The molecule has 0 aliphatic heterocycles. The largest absolute Gasteiger partial charge is 0.308 e. The maximum Gasteiger partial charge on any atom is 0.0569 e. The quantitative estimate of drug-likeness (QED) is 0.546. The van der Waals surface area contributed by atoms with Gasteiger partial charge in [0.25, 0.3) is 0 Å². The molecule has 0 saturated heterocycles. The zero-order valence-electron chi connectivity index (χ0n) is 10.8. The van der Waals surface area contributed by atoms with Crippen molar-refractivity contribution in [3.8, 4) is 0 Å². The van der Waals surface area contributed by atoms with Gasteiger partial charge in [-0.2, -0.15) is 0 Å². The van der Waals surface area contributed by atoms with E-state index in [0.29, 0.717) is 5.92 Å². The van der Waals surface area contributed by atoms with E-state index in [-0.39, 0.29) is 0 Å². The Morgan fingerprint density at radius 1 is 1.29 bits per heavy atom. The highest BCUT2D eigenvalue weighted by Gasteiger charge is 1.91. The van der Waals surface area contributed by atoms with Crippen LogP contribution in [0.3, 0.4) is 0 Å². The molecule has 0 fully saturated rings. The van der Waals surface area contributed by atoms with Gasteiger partial charge in [-0.3, -0.25) is 0 Å². The molecule has 0 aliphatic rings. The third-order valence-electron chi connectivity index (χ3n) is 1.46. The van der Waals surface area contributed by atoms with Crippen LogP contribution >= 0.6 is 0 Å². The fraction of sp³-hybridized carbons (Fsp3) is 0.667. The van der Waals surface area contributed by atoms with Crippen LogP contribution in [0, 0.1) is 5.92 Å². The molecule has 0 spiro atoms. The van der Waals surface area contributed by atoms with Crippen LogP contribution in [-0.4, -0.2) is 7.11 Å². The van der Waals surface area contributed by atoms with Crippen LogP contribution in [0.25, 0.3) is 0 Å². The predicted molar refractivity (Wildman–Crippen MR) is 66.0 cm³/mol. The summed E-state index contributed by atoms with van der Waals surface area (Å²) in [6.45, 7) is 12.6. The van der Waals surface area contributed by atoms with Gasteiger partial charge in [-0.1, -0.05) is 51.5 Å². The lowest BCUT2D eigenvalue weighted by atomic mass is 10.1. The average molecular weight is 201 g/mol. The second kappa shape index (κ2) is 18.2. The molecule has 0 aromatic rings. The summed E-state index contributed by atoms with van der Waals surface area (Å²) in [5, 5.41) is 0. The summed E-state index contributed by atoms with van der Waals surface area (Å²) >= 11 is 0. The van der Waals surface area contributed by atoms with Gasteiger partial charge in [-0.15, -0.1) is 0 Å². The summed E-state index contributed by atoms with van der Waals surface area (Å²) in [4.78, 5) is 3.75. The van der Waals surface area contributed by atoms with Crippen LogP contribution in [0.5, 0.6) is 0 Å². The van der Waals surface area contributed by atoms with Crippen molar-refractivity contribution in [2.45, 2.75) is 41.5 Å². The van der Waals surface area contributed by atoms with Gasteiger partial charge in [-0.25, -0.2) is 5.90 Å². The van der Waals surface area contributed by atoms with Crippen LogP contribution in [0.15, 0.2) is 23.8 Å². The number of rotatable bonds is 2. The molecule has 0 amide bonds. The molecule has 0 atom stereocenters. The molecule has 0 aliphatic carbocycles. The molecule has 86 valence electrons. The summed E-state index contributed by atoms with van der Waals surface area (Å²) in [5.74, 6) is 5.03. The van der Waals surface area contributed by atoms with Gasteiger partial charge in [0, 0.05) is 0 Å². The summed E-state index contributed by atoms with van der Waals surface area (Å²) in [7, 11) is 1.40. The van der Waals surface area contributed by atoms with Gasteiger partial charge in [0.15, 0.2) is 0 Å². The molecule has 2 N–H and O–H groups in total. The van der Waals surface area contributed by atoms with Gasteiger partial charge in [0.1, 0.15) is 0 Å². The summed E-state index contributed by atoms with van der Waals surface area (Å²) < 4.78 is 0. The van der Waals surface area contributed by atoms with Crippen molar-refractivity contribution in [2.24, 2.45) is 11.8 Å². The van der Waals surface area contributed by atoms with Crippen molar-refractivity contribution in [3.05, 3.63) is 23.8 Å². The number of hydrogen-bond donors (Lipinski definition) is 1. The van der Waals surface area contributed by atoms with Crippen molar-refractivity contribution in [2.75, 3.05) is 7.11 Å². The lowest BCUT2D eigenvalue weighted by Crippen LogP contribution is -1.86. The molecule has 0 aromatic heterocycles. The van der Waals surface area contributed by atoms with Crippen molar-refractivity contribution in [1.29, 1.82) is 0 Å². The van der Waals surface area contributed by atoms with E-state index < -0.39 is 0 Å². The summed E-state index contributed by atoms with van der Waals surface area (Å²) in [6.07, 6.45) is 6.28. The van der Waals surface area contributed by atoms with E-state index in [0.717, 1.165) is 0 Å². The second-order valence-electron chi connectivity index (χ2n) is 2.83. The van der Waals surface area contributed by atoms with Crippen LogP contribution in [0.2, 0.25) is 0 Å². The predicted octanol–water partition coefficient (Wildman–Crippen LogP) is 3.70. The Morgan fingerprint density at radius 3 is 1.86 bits per heavy atom. The third kappa shape index (κ3) is 22.5. The first kappa shape index (κ1) is 19.0. The molecular formula is C12H27NO. The van der Waals surface area contributed by atoms with Gasteiger partial charge in [-0.05, 0) is 19.8 Å². The molecule has 2 nitrogen and oxygen atoms in total. The fourth-order valence-corrected chi connectivity index (χ4v) is 0.440. The fourth-order valence-electron chi connectivity index (χ4n) is 0.440. The maximum atomic E-state index is 4.35. The first-order chi connectivity index (χ1) is 6.59. The zero-order valence-corrected chi connectivity index (χ0v) is 10.8. The second-order valence-corrected chi connectivity index (χ2v) is 2.83. The minimum atomic E-state index is 0.682. The average Bonchev–Trinajstić information content (AvgIpc) is 2.18. The highest BCUT2D eigenvalue weighted by atomic mass is 16.6. The SMILES string of the molecule is C/C=C\C=C(\C)C(C)C.CC.CON. The van der Waals surface area contributed by atoms with Crippen LogP contribution < -0.4 is 5.90 Å². The molecule has 2 heteroatoms. The van der Waals surface area contributed by atoms with Crippen molar-refractivity contribution < 1.29 is 4.84 Å². The Morgan fingerprint density at radius 2 is 1.64 bits per heavy atom. The highest BCUT2D eigenvalue weighted by Crippen LogP contribution is 2.06. The van der Waals surface area contributed by atoms with E-state index >= 15 is 0 Å². The van der Waals surface area contributed by atoms with E-state index in [9.17, 15) is 0 Å². The van der Waals surface area contributed by atoms with E-state index in [1.54, 1.807) is 0 Å². The standard InChI is InChI=1S/C9H16.C2H6.CH5NO/c1-5-6-7-9(4)8(2)3;1-2;1-3-2/h5-8H,1-4H3;1-2H3;2H2,1H3/b6-5-,9-7-;;. The molecule has 0 radical (unpaired) electrons. The van der Waals surface area contributed by atoms with E-state index in [2.05, 4.69) is 43.7 Å². The van der Waals surface area contributed by atoms with Gasteiger partial charge in [0.2, 0.25) is 0 Å². The summed E-state index contributed by atoms with van der Waals surface area (Å²) in [5.41, 5.74) is 1.44.